The van der Waals surface area contributed by atoms with Gasteiger partial charge < -0.3 is 10.0 Å². The highest BCUT2D eigenvalue weighted by Crippen LogP contribution is 2.37. The lowest BCUT2D eigenvalue weighted by molar-refractivity contribution is -0.145. The maximum atomic E-state index is 12.7. The molecule has 0 aromatic carbocycles. The summed E-state index contributed by atoms with van der Waals surface area (Å²) < 4.78 is 0. The van der Waals surface area contributed by atoms with E-state index >= 15 is 0 Å². The fraction of sp³-hybridized carbons (Fsp3) is 0.938. The summed E-state index contributed by atoms with van der Waals surface area (Å²) in [5.41, 5.74) is -0.766. The number of nitrogens with zero attached hydrogens (tertiary/aromatic N) is 2. The zero-order chi connectivity index (χ0) is 14.8. The first-order valence-electron chi connectivity index (χ1n) is 8.04. The molecule has 2 aliphatic rings. The van der Waals surface area contributed by atoms with Crippen molar-refractivity contribution >= 4 is 5.91 Å². The molecule has 116 valence electrons. The molecule has 0 spiro atoms. The van der Waals surface area contributed by atoms with Crippen LogP contribution in [0.2, 0.25) is 0 Å². The van der Waals surface area contributed by atoms with Gasteiger partial charge in [0.1, 0.15) is 0 Å². The summed E-state index contributed by atoms with van der Waals surface area (Å²) in [6, 6.07) is 0. The van der Waals surface area contributed by atoms with Crippen LogP contribution in [-0.2, 0) is 4.79 Å². The number of carbonyl (C=O) groups excluding carboxylic acids is 1. The number of amides is 1. The van der Waals surface area contributed by atoms with E-state index in [4.69, 9.17) is 0 Å². The first kappa shape index (κ1) is 15.8. The van der Waals surface area contributed by atoms with E-state index in [1.54, 1.807) is 0 Å². The van der Waals surface area contributed by atoms with Crippen LogP contribution in [0.1, 0.15) is 52.9 Å². The summed E-state index contributed by atoms with van der Waals surface area (Å²) in [4.78, 5) is 17.0. The molecule has 0 atom stereocenters. The van der Waals surface area contributed by atoms with Crippen LogP contribution >= 0.6 is 0 Å². The highest BCUT2D eigenvalue weighted by molar-refractivity contribution is 5.82. The Morgan fingerprint density at radius 1 is 1.10 bits per heavy atom. The first-order valence-corrected chi connectivity index (χ1v) is 8.04. The maximum Gasteiger partial charge on any atom is 0.228 e. The summed E-state index contributed by atoms with van der Waals surface area (Å²) >= 11 is 0. The summed E-state index contributed by atoms with van der Waals surface area (Å²) in [6.07, 6.45) is 5.77. The Balaban J connectivity index is 1.85. The topological polar surface area (TPSA) is 43.8 Å². The molecule has 2 rings (SSSR count). The van der Waals surface area contributed by atoms with Gasteiger partial charge in [-0.3, -0.25) is 9.69 Å². The molecule has 0 unspecified atom stereocenters. The standard InChI is InChI=1S/C16H30N2O2/c1-15(2,20)13-17-9-11-18(12-10-17)14(19)16(3)7-5-4-6-8-16/h20H,4-13H2,1-3H3. The summed E-state index contributed by atoms with van der Waals surface area (Å²) in [7, 11) is 0. The van der Waals surface area contributed by atoms with Crippen LogP contribution in [0.3, 0.4) is 0 Å². The molecule has 1 N–H and O–H groups in total. The molecule has 0 radical (unpaired) electrons. The lowest BCUT2D eigenvalue weighted by Crippen LogP contribution is -2.54. The number of piperazine rings is 1. The van der Waals surface area contributed by atoms with Gasteiger partial charge in [0.25, 0.3) is 0 Å². The van der Waals surface area contributed by atoms with Crippen molar-refractivity contribution in [1.82, 2.24) is 9.80 Å². The number of hydrogen-bond acceptors (Lipinski definition) is 3. The highest BCUT2D eigenvalue weighted by atomic mass is 16.3. The molecule has 1 saturated carbocycles. The first-order chi connectivity index (χ1) is 9.30. The lowest BCUT2D eigenvalue weighted by Gasteiger charge is -2.42. The third-order valence-electron chi connectivity index (χ3n) is 4.74. The van der Waals surface area contributed by atoms with Gasteiger partial charge in [0, 0.05) is 38.1 Å². The van der Waals surface area contributed by atoms with Gasteiger partial charge in [-0.15, -0.1) is 0 Å². The molecule has 1 saturated heterocycles. The number of aliphatic hydroxyl groups is 1. The van der Waals surface area contributed by atoms with Crippen LogP contribution in [-0.4, -0.2) is 59.1 Å². The maximum absolute atomic E-state index is 12.7. The van der Waals surface area contributed by atoms with E-state index in [9.17, 15) is 9.90 Å². The van der Waals surface area contributed by atoms with E-state index in [2.05, 4.69) is 11.8 Å². The van der Waals surface area contributed by atoms with Crippen molar-refractivity contribution in [3.8, 4) is 0 Å². The minimum Gasteiger partial charge on any atom is -0.389 e. The number of carbonyl (C=O) groups is 1. The molecule has 1 aliphatic carbocycles. The van der Waals surface area contributed by atoms with Crippen LogP contribution in [0.25, 0.3) is 0 Å². The van der Waals surface area contributed by atoms with E-state index in [1.165, 1.54) is 19.3 Å². The second kappa shape index (κ2) is 6.02. The molecule has 20 heavy (non-hydrogen) atoms. The molecule has 4 heteroatoms. The van der Waals surface area contributed by atoms with Crippen LogP contribution in [0, 0.1) is 5.41 Å². The summed E-state index contributed by atoms with van der Waals surface area (Å²) in [5.74, 6) is 0.361. The van der Waals surface area contributed by atoms with Gasteiger partial charge >= 0.3 is 0 Å². The largest absolute Gasteiger partial charge is 0.389 e. The fourth-order valence-corrected chi connectivity index (χ4v) is 3.58. The average molecular weight is 282 g/mol. The normalized spacial score (nSPS) is 24.7. The van der Waals surface area contributed by atoms with Gasteiger partial charge in [-0.05, 0) is 26.7 Å². The fourth-order valence-electron chi connectivity index (χ4n) is 3.58. The van der Waals surface area contributed by atoms with E-state index in [1.807, 2.05) is 18.7 Å². The minimum absolute atomic E-state index is 0.114. The van der Waals surface area contributed by atoms with Crippen LogP contribution in [0.5, 0.6) is 0 Å². The Morgan fingerprint density at radius 2 is 1.65 bits per heavy atom. The molecule has 1 amide bonds. The van der Waals surface area contributed by atoms with Crippen LogP contribution in [0.4, 0.5) is 0 Å². The quantitative estimate of drug-likeness (QED) is 0.859. The summed E-state index contributed by atoms with van der Waals surface area (Å²) in [5, 5.41) is 9.87. The Morgan fingerprint density at radius 3 is 2.15 bits per heavy atom. The average Bonchev–Trinajstić information content (AvgIpc) is 2.38. The van der Waals surface area contributed by atoms with Crippen molar-refractivity contribution in [2.24, 2.45) is 5.41 Å². The van der Waals surface area contributed by atoms with Gasteiger partial charge in [-0.2, -0.15) is 0 Å². The lowest BCUT2D eigenvalue weighted by atomic mass is 9.74. The predicted octanol–water partition coefficient (Wildman–Crippen LogP) is 1.87. The van der Waals surface area contributed by atoms with Gasteiger partial charge in [0.15, 0.2) is 0 Å². The van der Waals surface area contributed by atoms with Gasteiger partial charge in [0.2, 0.25) is 5.91 Å². The Kier molecular flexibility index (Phi) is 4.75. The van der Waals surface area contributed by atoms with E-state index in [0.29, 0.717) is 12.5 Å². The van der Waals surface area contributed by atoms with Crippen LogP contribution in [0.15, 0.2) is 0 Å². The molecule has 0 aromatic rings. The number of hydrogen-bond donors (Lipinski definition) is 1. The predicted molar refractivity (Wildman–Crippen MR) is 80.5 cm³/mol. The molecular formula is C16H30N2O2. The molecule has 4 nitrogen and oxygen atoms in total. The Hall–Kier alpha value is -0.610. The zero-order valence-electron chi connectivity index (χ0n) is 13.3. The van der Waals surface area contributed by atoms with E-state index < -0.39 is 5.60 Å². The van der Waals surface area contributed by atoms with Gasteiger partial charge in [0.05, 0.1) is 5.60 Å². The van der Waals surface area contributed by atoms with Gasteiger partial charge in [-0.25, -0.2) is 0 Å². The molecule has 1 aliphatic heterocycles. The molecule has 0 aromatic heterocycles. The van der Waals surface area contributed by atoms with Crippen molar-refractivity contribution in [3.63, 3.8) is 0 Å². The minimum atomic E-state index is -0.651. The molecular weight excluding hydrogens is 252 g/mol. The van der Waals surface area contributed by atoms with Crippen LogP contribution < -0.4 is 0 Å². The molecule has 0 bridgehead atoms. The van der Waals surface area contributed by atoms with Crippen molar-refractivity contribution in [2.45, 2.75) is 58.5 Å². The zero-order valence-corrected chi connectivity index (χ0v) is 13.3. The van der Waals surface area contributed by atoms with Crippen molar-refractivity contribution in [3.05, 3.63) is 0 Å². The van der Waals surface area contributed by atoms with Crippen molar-refractivity contribution in [2.75, 3.05) is 32.7 Å². The van der Waals surface area contributed by atoms with E-state index in [0.717, 1.165) is 39.0 Å². The third-order valence-corrected chi connectivity index (χ3v) is 4.74. The number of β-amino-alcohol motifs (C(OH)–C–C–N with tert-alkyl or cyclic N) is 1. The highest BCUT2D eigenvalue weighted by Gasteiger charge is 2.38. The van der Waals surface area contributed by atoms with Crippen molar-refractivity contribution < 1.29 is 9.90 Å². The van der Waals surface area contributed by atoms with Crippen molar-refractivity contribution in [1.29, 1.82) is 0 Å². The summed E-state index contributed by atoms with van der Waals surface area (Å²) in [6.45, 7) is 9.90. The number of rotatable bonds is 3. The molecule has 1 heterocycles. The second-order valence-electron chi connectivity index (χ2n) is 7.50. The SMILES string of the molecule is CC(C)(O)CN1CCN(C(=O)C2(C)CCCCC2)CC1. The third kappa shape index (κ3) is 3.95. The Labute approximate surface area is 123 Å². The van der Waals surface area contributed by atoms with E-state index in [-0.39, 0.29) is 5.41 Å². The smallest absolute Gasteiger partial charge is 0.228 e. The van der Waals surface area contributed by atoms with Gasteiger partial charge in [-0.1, -0.05) is 26.2 Å². The Bertz CT molecular complexity index is 335. The molecule has 2 fully saturated rings. The second-order valence-corrected chi connectivity index (χ2v) is 7.50. The monoisotopic (exact) mass is 282 g/mol.